The molecule has 6 heteroatoms. The molecule has 0 radical (unpaired) electrons. The molecule has 4 nitrogen and oxygen atoms in total. The first-order valence-corrected chi connectivity index (χ1v) is 8.89. The quantitative estimate of drug-likeness (QED) is 0.847. The summed E-state index contributed by atoms with van der Waals surface area (Å²) in [5.41, 5.74) is 7.91. The van der Waals surface area contributed by atoms with Gasteiger partial charge in [-0.15, -0.1) is 0 Å². The molecule has 1 aromatic carbocycles. The predicted octanol–water partition coefficient (Wildman–Crippen LogP) is 2.26. The normalized spacial score (nSPS) is 13.8. The van der Waals surface area contributed by atoms with Crippen LogP contribution in [-0.2, 0) is 10.0 Å². The highest BCUT2D eigenvalue weighted by molar-refractivity contribution is 7.98. The van der Waals surface area contributed by atoms with Crippen LogP contribution in [0, 0.1) is 13.8 Å². The maximum absolute atomic E-state index is 12.6. The number of nitrogen functional groups attached to an aromatic ring is 1. The molecule has 108 valence electrons. The molecule has 1 aromatic rings. The average molecular weight is 302 g/mol. The average Bonchev–Trinajstić information content (AvgIpc) is 2.32. The lowest BCUT2D eigenvalue weighted by atomic mass is 10.1. The Labute approximate surface area is 120 Å². The SMILES string of the molecule is CSCC(C)N(C)S(=O)(=O)c1cc(N)cc(C)c1C. The summed E-state index contributed by atoms with van der Waals surface area (Å²) in [6.07, 6.45) is 1.97. The monoisotopic (exact) mass is 302 g/mol. The zero-order valence-electron chi connectivity index (χ0n) is 12.1. The minimum atomic E-state index is -3.50. The van der Waals surface area contributed by atoms with E-state index in [0.717, 1.165) is 16.9 Å². The van der Waals surface area contributed by atoms with E-state index in [4.69, 9.17) is 5.73 Å². The molecule has 0 saturated heterocycles. The summed E-state index contributed by atoms with van der Waals surface area (Å²) in [5, 5.41) is 0. The molecule has 0 saturated carbocycles. The van der Waals surface area contributed by atoms with E-state index < -0.39 is 10.0 Å². The highest BCUT2D eigenvalue weighted by Crippen LogP contribution is 2.26. The van der Waals surface area contributed by atoms with Crippen LogP contribution in [0.1, 0.15) is 18.1 Å². The van der Waals surface area contributed by atoms with Crippen molar-refractivity contribution >= 4 is 27.5 Å². The number of sulfonamides is 1. The summed E-state index contributed by atoms with van der Waals surface area (Å²) >= 11 is 1.63. The third-order valence-electron chi connectivity index (χ3n) is 3.33. The third-order valence-corrected chi connectivity index (χ3v) is 6.24. The summed E-state index contributed by atoms with van der Waals surface area (Å²) < 4.78 is 26.7. The molecule has 1 atom stereocenters. The lowest BCUT2D eigenvalue weighted by Crippen LogP contribution is -2.37. The van der Waals surface area contributed by atoms with Crippen LogP contribution >= 0.6 is 11.8 Å². The van der Waals surface area contributed by atoms with Gasteiger partial charge in [-0.05, 0) is 50.3 Å². The third kappa shape index (κ3) is 3.43. The number of rotatable bonds is 5. The first kappa shape index (κ1) is 16.3. The predicted molar refractivity (Wildman–Crippen MR) is 83.1 cm³/mol. The van der Waals surface area contributed by atoms with Crippen LogP contribution in [0.5, 0.6) is 0 Å². The van der Waals surface area contributed by atoms with Gasteiger partial charge in [0.2, 0.25) is 10.0 Å². The van der Waals surface area contributed by atoms with E-state index >= 15 is 0 Å². The Bertz CT molecular complexity index is 556. The molecular weight excluding hydrogens is 280 g/mol. The van der Waals surface area contributed by atoms with Crippen molar-refractivity contribution in [2.24, 2.45) is 0 Å². The van der Waals surface area contributed by atoms with E-state index in [2.05, 4.69) is 0 Å². The van der Waals surface area contributed by atoms with Gasteiger partial charge in [-0.2, -0.15) is 16.1 Å². The van der Waals surface area contributed by atoms with E-state index in [0.29, 0.717) is 10.6 Å². The number of nitrogens with zero attached hydrogens (tertiary/aromatic N) is 1. The van der Waals surface area contributed by atoms with Crippen LogP contribution in [0.25, 0.3) is 0 Å². The van der Waals surface area contributed by atoms with E-state index in [9.17, 15) is 8.42 Å². The minimum Gasteiger partial charge on any atom is -0.399 e. The van der Waals surface area contributed by atoms with E-state index in [1.54, 1.807) is 30.9 Å². The maximum atomic E-state index is 12.6. The first-order valence-electron chi connectivity index (χ1n) is 6.05. The van der Waals surface area contributed by atoms with E-state index in [-0.39, 0.29) is 6.04 Å². The fourth-order valence-corrected chi connectivity index (χ4v) is 4.35. The second-order valence-corrected chi connectivity index (χ2v) is 7.66. The van der Waals surface area contributed by atoms with Crippen LogP contribution < -0.4 is 5.73 Å². The first-order chi connectivity index (χ1) is 8.71. The zero-order chi connectivity index (χ0) is 14.8. The molecule has 0 bridgehead atoms. The number of nitrogens with two attached hydrogens (primary N) is 1. The van der Waals surface area contributed by atoms with Gasteiger partial charge in [-0.25, -0.2) is 8.42 Å². The van der Waals surface area contributed by atoms with E-state index in [1.165, 1.54) is 4.31 Å². The van der Waals surface area contributed by atoms with E-state index in [1.807, 2.05) is 27.0 Å². The lowest BCUT2D eigenvalue weighted by molar-refractivity contribution is 0.415. The number of thioether (sulfide) groups is 1. The fourth-order valence-electron chi connectivity index (χ4n) is 1.86. The second-order valence-electron chi connectivity index (χ2n) is 4.79. The summed E-state index contributed by atoms with van der Waals surface area (Å²) in [6, 6.07) is 3.28. The number of benzene rings is 1. The maximum Gasteiger partial charge on any atom is 0.243 e. The Balaban J connectivity index is 3.28. The second kappa shape index (κ2) is 6.15. The molecule has 19 heavy (non-hydrogen) atoms. The molecule has 0 spiro atoms. The fraction of sp³-hybridized carbons (Fsp3) is 0.538. The Kier molecular flexibility index (Phi) is 5.29. The number of aryl methyl sites for hydroxylation is 1. The van der Waals surface area contributed by atoms with Crippen molar-refractivity contribution in [3.05, 3.63) is 23.3 Å². The van der Waals surface area contributed by atoms with Crippen molar-refractivity contribution in [2.75, 3.05) is 24.8 Å². The Hall–Kier alpha value is -0.720. The number of anilines is 1. The molecule has 0 aliphatic rings. The largest absolute Gasteiger partial charge is 0.399 e. The van der Waals surface area contributed by atoms with Crippen LogP contribution in [0.15, 0.2) is 17.0 Å². The van der Waals surface area contributed by atoms with Gasteiger partial charge in [-0.1, -0.05) is 0 Å². The molecule has 0 amide bonds. The van der Waals surface area contributed by atoms with Crippen molar-refractivity contribution in [1.82, 2.24) is 4.31 Å². The van der Waals surface area contributed by atoms with Crippen LogP contribution in [0.3, 0.4) is 0 Å². The smallest absolute Gasteiger partial charge is 0.243 e. The van der Waals surface area contributed by atoms with Gasteiger partial charge in [0, 0.05) is 24.5 Å². The van der Waals surface area contributed by atoms with Gasteiger partial charge in [0.1, 0.15) is 0 Å². The van der Waals surface area contributed by atoms with Crippen molar-refractivity contribution in [3.8, 4) is 0 Å². The highest BCUT2D eigenvalue weighted by atomic mass is 32.2. The molecule has 1 rings (SSSR count). The molecule has 0 aliphatic heterocycles. The highest BCUT2D eigenvalue weighted by Gasteiger charge is 2.27. The van der Waals surface area contributed by atoms with Gasteiger partial charge in [0.15, 0.2) is 0 Å². The Morgan fingerprint density at radius 1 is 1.37 bits per heavy atom. The number of hydrogen-bond acceptors (Lipinski definition) is 4. The molecule has 0 fully saturated rings. The summed E-state index contributed by atoms with van der Waals surface area (Å²) in [4.78, 5) is 0.306. The topological polar surface area (TPSA) is 63.4 Å². The van der Waals surface area contributed by atoms with Gasteiger partial charge in [0.05, 0.1) is 4.90 Å². The lowest BCUT2D eigenvalue weighted by Gasteiger charge is -2.25. The number of hydrogen-bond donors (Lipinski definition) is 1. The van der Waals surface area contributed by atoms with Crippen LogP contribution in [0.2, 0.25) is 0 Å². The summed E-state index contributed by atoms with van der Waals surface area (Å²) in [5.74, 6) is 0.760. The van der Waals surface area contributed by atoms with Gasteiger partial charge < -0.3 is 5.73 Å². The van der Waals surface area contributed by atoms with Crippen LogP contribution in [-0.4, -0.2) is 37.8 Å². The van der Waals surface area contributed by atoms with Crippen molar-refractivity contribution < 1.29 is 8.42 Å². The molecule has 0 heterocycles. The van der Waals surface area contributed by atoms with Crippen molar-refractivity contribution in [2.45, 2.75) is 31.7 Å². The molecule has 1 unspecified atom stereocenters. The van der Waals surface area contributed by atoms with Gasteiger partial charge in [-0.3, -0.25) is 0 Å². The molecule has 2 N–H and O–H groups in total. The van der Waals surface area contributed by atoms with Gasteiger partial charge >= 0.3 is 0 Å². The molecule has 0 aromatic heterocycles. The van der Waals surface area contributed by atoms with Crippen molar-refractivity contribution in [1.29, 1.82) is 0 Å². The minimum absolute atomic E-state index is 0.0545. The van der Waals surface area contributed by atoms with Crippen molar-refractivity contribution in [3.63, 3.8) is 0 Å². The van der Waals surface area contributed by atoms with Gasteiger partial charge in [0.25, 0.3) is 0 Å². The summed E-state index contributed by atoms with van der Waals surface area (Å²) in [6.45, 7) is 5.59. The van der Waals surface area contributed by atoms with Crippen LogP contribution in [0.4, 0.5) is 5.69 Å². The molecule has 0 aliphatic carbocycles. The standard InChI is InChI=1S/C13H22N2O2S2/c1-9-6-12(14)7-13(11(9)3)19(16,17)15(4)10(2)8-18-5/h6-7,10H,8,14H2,1-5H3. The Morgan fingerprint density at radius 2 is 1.95 bits per heavy atom. The Morgan fingerprint density at radius 3 is 2.47 bits per heavy atom. The summed E-state index contributed by atoms with van der Waals surface area (Å²) in [7, 11) is -1.88. The zero-order valence-corrected chi connectivity index (χ0v) is 13.7. The molecular formula is C13H22N2O2S2.